The third-order valence-corrected chi connectivity index (χ3v) is 5.62. The van der Waals surface area contributed by atoms with E-state index in [0.717, 1.165) is 22.7 Å². The lowest BCUT2D eigenvalue weighted by Crippen LogP contribution is -2.35. The number of amides is 1. The lowest BCUT2D eigenvalue weighted by molar-refractivity contribution is -0.119. The number of hydrogen-bond donors (Lipinski definition) is 0. The molecule has 2 aromatic heterocycles. The van der Waals surface area contributed by atoms with Gasteiger partial charge in [-0.3, -0.25) is 9.59 Å². The second-order valence-corrected chi connectivity index (χ2v) is 7.74. The highest BCUT2D eigenvalue weighted by Gasteiger charge is 2.20. The fourth-order valence-corrected chi connectivity index (χ4v) is 4.02. The van der Waals surface area contributed by atoms with Gasteiger partial charge in [-0.05, 0) is 30.7 Å². The summed E-state index contributed by atoms with van der Waals surface area (Å²) in [5.41, 5.74) is 1.79. The molecule has 0 N–H and O–H groups in total. The minimum absolute atomic E-state index is 0.200. The van der Waals surface area contributed by atoms with Crippen LogP contribution in [0.2, 0.25) is 5.02 Å². The number of methoxy groups -OCH3 is 1. The van der Waals surface area contributed by atoms with Gasteiger partial charge in [0.2, 0.25) is 5.91 Å². The zero-order valence-electron chi connectivity index (χ0n) is 17.6. The summed E-state index contributed by atoms with van der Waals surface area (Å²) in [7, 11) is 3.14. The number of aromatic nitrogens is 3. The van der Waals surface area contributed by atoms with Crippen LogP contribution >= 0.6 is 11.6 Å². The second kappa shape index (κ2) is 8.43. The third-order valence-electron chi connectivity index (χ3n) is 5.38. The number of carbonyl (C=O) groups excluding carboxylic acids is 1. The summed E-state index contributed by atoms with van der Waals surface area (Å²) in [5, 5.41) is 6.55. The Morgan fingerprint density at radius 1 is 1.19 bits per heavy atom. The van der Waals surface area contributed by atoms with Crippen molar-refractivity contribution in [1.29, 1.82) is 0 Å². The molecule has 0 saturated carbocycles. The number of anilines is 1. The van der Waals surface area contributed by atoms with Crippen LogP contribution in [0.3, 0.4) is 0 Å². The van der Waals surface area contributed by atoms with Gasteiger partial charge in [0.25, 0.3) is 5.56 Å². The summed E-state index contributed by atoms with van der Waals surface area (Å²) in [6, 6.07) is 12.9. The molecule has 31 heavy (non-hydrogen) atoms. The maximum atomic E-state index is 13.3. The number of carbonyl (C=O) groups is 1. The van der Waals surface area contributed by atoms with Gasteiger partial charge in [0.15, 0.2) is 0 Å². The van der Waals surface area contributed by atoms with Crippen molar-refractivity contribution in [2.45, 2.75) is 26.4 Å². The van der Waals surface area contributed by atoms with E-state index in [1.165, 1.54) is 16.7 Å². The molecule has 0 atom stereocenters. The number of rotatable bonds is 6. The zero-order chi connectivity index (χ0) is 22.1. The van der Waals surface area contributed by atoms with Crippen LogP contribution < -0.4 is 15.2 Å². The van der Waals surface area contributed by atoms with E-state index in [0.29, 0.717) is 28.5 Å². The zero-order valence-corrected chi connectivity index (χ0v) is 18.4. The highest BCUT2D eigenvalue weighted by molar-refractivity contribution is 6.31. The monoisotopic (exact) mass is 438 g/mol. The second-order valence-electron chi connectivity index (χ2n) is 7.31. The maximum absolute atomic E-state index is 13.3. The van der Waals surface area contributed by atoms with Crippen LogP contribution in [0.4, 0.5) is 5.69 Å². The Labute approximate surface area is 184 Å². The van der Waals surface area contributed by atoms with Gasteiger partial charge in [-0.25, -0.2) is 4.68 Å². The number of ether oxygens (including phenoxy) is 1. The SMILES string of the molecule is CCCn1c2ccccc2c2cnn(CC(=O)N(C)c3cc(Cl)ccc3OC)c(=O)c21. The predicted molar refractivity (Wildman–Crippen MR) is 123 cm³/mol. The van der Waals surface area contributed by atoms with E-state index in [-0.39, 0.29) is 18.0 Å². The number of halogens is 1. The summed E-state index contributed by atoms with van der Waals surface area (Å²) >= 11 is 6.10. The molecule has 0 fully saturated rings. The number of aryl methyl sites for hydroxylation is 1. The van der Waals surface area contributed by atoms with Crippen molar-refractivity contribution >= 4 is 45.0 Å². The molecule has 0 aliphatic carbocycles. The number of fused-ring (bicyclic) bond motifs is 3. The van der Waals surface area contributed by atoms with Gasteiger partial charge < -0.3 is 14.2 Å². The van der Waals surface area contributed by atoms with Crippen LogP contribution in [0.15, 0.2) is 53.5 Å². The smallest absolute Gasteiger partial charge is 0.291 e. The van der Waals surface area contributed by atoms with Gasteiger partial charge >= 0.3 is 0 Å². The fraction of sp³-hybridized carbons (Fsp3) is 0.261. The van der Waals surface area contributed by atoms with Crippen LogP contribution in [-0.2, 0) is 17.9 Å². The molecule has 2 heterocycles. The molecule has 7 nitrogen and oxygen atoms in total. The van der Waals surface area contributed by atoms with E-state index in [9.17, 15) is 9.59 Å². The van der Waals surface area contributed by atoms with Crippen molar-refractivity contribution in [3.63, 3.8) is 0 Å². The largest absolute Gasteiger partial charge is 0.495 e. The Morgan fingerprint density at radius 2 is 1.97 bits per heavy atom. The Balaban J connectivity index is 1.76. The molecule has 0 saturated heterocycles. The topological polar surface area (TPSA) is 69.4 Å². The van der Waals surface area contributed by atoms with Crippen LogP contribution in [0.25, 0.3) is 21.8 Å². The average Bonchev–Trinajstić information content (AvgIpc) is 3.09. The molecule has 0 aliphatic rings. The van der Waals surface area contributed by atoms with Crippen LogP contribution in [0.5, 0.6) is 5.75 Å². The third kappa shape index (κ3) is 3.65. The minimum atomic E-state index is -0.312. The first-order valence-electron chi connectivity index (χ1n) is 10.0. The van der Waals surface area contributed by atoms with E-state index < -0.39 is 0 Å². The molecule has 8 heteroatoms. The summed E-state index contributed by atoms with van der Waals surface area (Å²) in [6.45, 7) is 2.57. The summed E-state index contributed by atoms with van der Waals surface area (Å²) in [4.78, 5) is 27.7. The van der Waals surface area contributed by atoms with Crippen LogP contribution in [0, 0.1) is 0 Å². The van der Waals surface area contributed by atoms with E-state index in [1.807, 2.05) is 28.8 Å². The minimum Gasteiger partial charge on any atom is -0.495 e. The molecular formula is C23H23ClN4O3. The lowest BCUT2D eigenvalue weighted by atomic mass is 10.2. The highest BCUT2D eigenvalue weighted by atomic mass is 35.5. The molecule has 0 bridgehead atoms. The molecule has 0 radical (unpaired) electrons. The Morgan fingerprint density at radius 3 is 2.71 bits per heavy atom. The van der Waals surface area contributed by atoms with Gasteiger partial charge in [0.05, 0.1) is 19.0 Å². The molecular weight excluding hydrogens is 416 g/mol. The van der Waals surface area contributed by atoms with Gasteiger partial charge in [-0.15, -0.1) is 0 Å². The van der Waals surface area contributed by atoms with Crippen molar-refractivity contribution in [1.82, 2.24) is 14.3 Å². The van der Waals surface area contributed by atoms with Crippen molar-refractivity contribution in [2.75, 3.05) is 19.1 Å². The number of hydrogen-bond acceptors (Lipinski definition) is 4. The molecule has 0 spiro atoms. The number of para-hydroxylation sites is 1. The first-order chi connectivity index (χ1) is 15.0. The number of likely N-dealkylation sites (N-methyl/N-ethyl adjacent to an activating group) is 1. The maximum Gasteiger partial charge on any atom is 0.291 e. The summed E-state index contributed by atoms with van der Waals surface area (Å²) < 4.78 is 8.56. The number of nitrogens with zero attached hydrogens (tertiary/aromatic N) is 4. The van der Waals surface area contributed by atoms with E-state index >= 15 is 0 Å². The van der Waals surface area contributed by atoms with E-state index in [2.05, 4.69) is 12.0 Å². The summed E-state index contributed by atoms with van der Waals surface area (Å²) in [5.74, 6) is 0.201. The van der Waals surface area contributed by atoms with Gasteiger partial charge in [-0.2, -0.15) is 5.10 Å². The van der Waals surface area contributed by atoms with Gasteiger partial charge in [-0.1, -0.05) is 36.7 Å². The van der Waals surface area contributed by atoms with Crippen molar-refractivity contribution in [3.8, 4) is 5.75 Å². The quantitative estimate of drug-likeness (QED) is 0.454. The Kier molecular flexibility index (Phi) is 5.69. The first kappa shape index (κ1) is 20.9. The molecule has 4 aromatic rings. The molecule has 4 rings (SSSR count). The van der Waals surface area contributed by atoms with Crippen LogP contribution in [-0.4, -0.2) is 34.4 Å². The Bertz CT molecular complexity index is 1340. The standard InChI is InChI=1S/C23H23ClN4O3/c1-4-11-27-18-8-6-5-7-16(18)17-13-25-28(23(30)22(17)27)14-21(29)26(2)19-12-15(24)9-10-20(19)31-3/h5-10,12-13H,4,11,14H2,1-3H3. The fourth-order valence-electron chi connectivity index (χ4n) is 3.86. The average molecular weight is 439 g/mol. The molecule has 160 valence electrons. The summed E-state index contributed by atoms with van der Waals surface area (Å²) in [6.07, 6.45) is 2.55. The molecule has 0 aliphatic heterocycles. The lowest BCUT2D eigenvalue weighted by Gasteiger charge is -2.20. The first-order valence-corrected chi connectivity index (χ1v) is 10.4. The normalized spacial score (nSPS) is 11.2. The molecule has 0 unspecified atom stereocenters. The van der Waals surface area contributed by atoms with Gasteiger partial charge in [0.1, 0.15) is 17.8 Å². The Hall–Kier alpha value is -3.32. The molecule has 2 aromatic carbocycles. The predicted octanol–water partition coefficient (Wildman–Crippen LogP) is 4.09. The van der Waals surface area contributed by atoms with Crippen LogP contribution in [0.1, 0.15) is 13.3 Å². The highest BCUT2D eigenvalue weighted by Crippen LogP contribution is 2.31. The van der Waals surface area contributed by atoms with Crippen molar-refractivity contribution < 1.29 is 9.53 Å². The van der Waals surface area contributed by atoms with E-state index in [4.69, 9.17) is 16.3 Å². The number of benzene rings is 2. The van der Waals surface area contributed by atoms with Crippen molar-refractivity contribution in [3.05, 3.63) is 64.0 Å². The van der Waals surface area contributed by atoms with E-state index in [1.54, 1.807) is 31.4 Å². The van der Waals surface area contributed by atoms with Crippen molar-refractivity contribution in [2.24, 2.45) is 0 Å². The molecule has 1 amide bonds. The van der Waals surface area contributed by atoms with Gasteiger partial charge in [0, 0.05) is 34.9 Å².